The van der Waals surface area contributed by atoms with Crippen LogP contribution in [-0.2, 0) is 0 Å². The topological polar surface area (TPSA) is 91.9 Å². The Hall–Kier alpha value is -3.02. The van der Waals surface area contributed by atoms with Gasteiger partial charge in [0.05, 0.1) is 0 Å². The highest BCUT2D eigenvalue weighted by molar-refractivity contribution is 5.87. The molecule has 0 saturated carbocycles. The summed E-state index contributed by atoms with van der Waals surface area (Å²) in [6.07, 6.45) is -0.190. The Morgan fingerprint density at radius 2 is 2.00 bits per heavy atom. The van der Waals surface area contributed by atoms with E-state index in [-0.39, 0.29) is 11.9 Å². The van der Waals surface area contributed by atoms with Crippen LogP contribution in [0.25, 0.3) is 11.0 Å². The number of hydrogen-bond donors (Lipinski definition) is 5. The average molecular weight is 281 g/mol. The van der Waals surface area contributed by atoms with Crippen molar-refractivity contribution in [2.24, 2.45) is 5.73 Å². The summed E-state index contributed by atoms with van der Waals surface area (Å²) in [6.45, 7) is 0. The number of aromatic hydroxyl groups is 1. The van der Waals surface area contributed by atoms with Gasteiger partial charge in [-0.2, -0.15) is 9.88 Å². The number of aromatic nitrogens is 2. The lowest BCUT2D eigenvalue weighted by molar-refractivity contribution is -0.840. The predicted molar refractivity (Wildman–Crippen MR) is 78.5 cm³/mol. The number of nitrogens with two attached hydrogens (primary N) is 1. The number of hydrogen-bond acceptors (Lipinski definition) is 3. The Labute approximate surface area is 120 Å². The van der Waals surface area contributed by atoms with E-state index >= 15 is 0 Å². The zero-order chi connectivity index (χ0) is 14.4. The zero-order valence-corrected chi connectivity index (χ0v) is 11.2. The van der Waals surface area contributed by atoms with Crippen LogP contribution >= 0.6 is 0 Å². The first-order chi connectivity index (χ1) is 10.2. The van der Waals surface area contributed by atoms with E-state index in [1.807, 2.05) is 36.4 Å². The van der Waals surface area contributed by atoms with Gasteiger partial charge < -0.3 is 5.11 Å². The number of anilines is 1. The standard InChI is InChI=1S/C15H13N5O/c16-14-18-13(9-4-3-5-10(21)8-9)20-12-7-2-1-6-11(12)17-15(20)19-14/h1-8,13H,(H4,16,17,18,19,21)/p+2/t13-/m1/s1. The van der Waals surface area contributed by atoms with Crippen LogP contribution in [0, 0.1) is 0 Å². The summed E-state index contributed by atoms with van der Waals surface area (Å²) in [4.78, 5) is 6.52. The fraction of sp³-hybridized carbons (Fsp3) is 0.0667. The van der Waals surface area contributed by atoms with Gasteiger partial charge in [0, 0.05) is 5.56 Å². The van der Waals surface area contributed by atoms with Crippen molar-refractivity contribution in [3.8, 4) is 5.75 Å². The molecule has 0 fully saturated rings. The van der Waals surface area contributed by atoms with Gasteiger partial charge in [-0.1, -0.05) is 24.3 Å². The summed E-state index contributed by atoms with van der Waals surface area (Å²) in [5.74, 6) is 1.50. The van der Waals surface area contributed by atoms with Gasteiger partial charge in [0.25, 0.3) is 0 Å². The molecule has 0 unspecified atom stereocenters. The van der Waals surface area contributed by atoms with Gasteiger partial charge in [-0.25, -0.2) is 9.98 Å². The minimum Gasteiger partial charge on any atom is -0.508 e. The minimum absolute atomic E-state index is 0.190. The van der Waals surface area contributed by atoms with Crippen molar-refractivity contribution in [3.63, 3.8) is 0 Å². The Morgan fingerprint density at radius 3 is 2.86 bits per heavy atom. The number of aromatic amines is 1. The van der Waals surface area contributed by atoms with Gasteiger partial charge in [0.1, 0.15) is 16.8 Å². The van der Waals surface area contributed by atoms with E-state index in [2.05, 4.69) is 19.9 Å². The number of guanidine groups is 1. The first-order valence-corrected chi connectivity index (χ1v) is 6.69. The maximum atomic E-state index is 9.72. The molecule has 0 spiro atoms. The van der Waals surface area contributed by atoms with Gasteiger partial charge in [0.2, 0.25) is 6.17 Å². The van der Waals surface area contributed by atoms with Crippen LogP contribution in [0.4, 0.5) is 5.95 Å². The predicted octanol–water partition coefficient (Wildman–Crippen LogP) is -0.471. The first kappa shape index (κ1) is 11.8. The highest BCUT2D eigenvalue weighted by Crippen LogP contribution is 2.19. The molecule has 0 amide bonds. The van der Waals surface area contributed by atoms with Crippen molar-refractivity contribution >= 4 is 22.9 Å². The molecule has 3 aromatic rings. The number of benzene rings is 2. The number of H-pyrrole nitrogens is 1. The molecule has 0 radical (unpaired) electrons. The van der Waals surface area contributed by atoms with Crippen LogP contribution < -0.4 is 20.6 Å². The molecule has 1 aliphatic heterocycles. The summed E-state index contributed by atoms with van der Waals surface area (Å²) in [5, 5.41) is 12.8. The second-order valence-electron chi connectivity index (χ2n) is 5.04. The normalized spacial score (nSPS) is 17.1. The molecule has 0 bridgehead atoms. The van der Waals surface area contributed by atoms with Gasteiger partial charge >= 0.3 is 11.9 Å². The molecule has 2 heterocycles. The maximum absolute atomic E-state index is 9.72. The molecular formula is C15H15N5O+2. The van der Waals surface area contributed by atoms with Gasteiger partial charge in [0.15, 0.2) is 0 Å². The lowest BCUT2D eigenvalue weighted by Crippen LogP contribution is -2.88. The number of para-hydroxylation sites is 2. The van der Waals surface area contributed by atoms with Crippen LogP contribution in [0.2, 0.25) is 0 Å². The second kappa shape index (κ2) is 4.24. The summed E-state index contributed by atoms with van der Waals surface area (Å²) in [7, 11) is 0. The van der Waals surface area contributed by atoms with Crippen molar-refractivity contribution < 1.29 is 14.7 Å². The molecule has 6 nitrogen and oxygen atoms in total. The van der Waals surface area contributed by atoms with Crippen LogP contribution in [0.5, 0.6) is 5.75 Å². The molecule has 1 aliphatic rings. The van der Waals surface area contributed by atoms with Crippen LogP contribution in [0.3, 0.4) is 0 Å². The summed E-state index contributed by atoms with van der Waals surface area (Å²) >= 11 is 0. The van der Waals surface area contributed by atoms with Crippen LogP contribution in [0.1, 0.15) is 11.7 Å². The average Bonchev–Trinajstić information content (AvgIpc) is 2.84. The molecule has 6 N–H and O–H groups in total. The molecule has 6 heteroatoms. The largest absolute Gasteiger partial charge is 0.508 e. The van der Waals surface area contributed by atoms with E-state index in [0.29, 0.717) is 5.96 Å². The highest BCUT2D eigenvalue weighted by Gasteiger charge is 2.32. The molecule has 1 atom stereocenters. The molecule has 1 aromatic heterocycles. The SMILES string of the molecule is NC1=[NH+][C@@H](c2cccc(O)c2)[n+]2c([nH]c3ccccc32)N1. The smallest absolute Gasteiger partial charge is 0.368 e. The monoisotopic (exact) mass is 281 g/mol. The van der Waals surface area contributed by atoms with Gasteiger partial charge in [-0.15, -0.1) is 0 Å². The maximum Gasteiger partial charge on any atom is 0.368 e. The third-order valence-corrected chi connectivity index (χ3v) is 3.65. The third kappa shape index (κ3) is 1.80. The van der Waals surface area contributed by atoms with Crippen molar-refractivity contribution in [3.05, 3.63) is 54.1 Å². The van der Waals surface area contributed by atoms with E-state index in [4.69, 9.17) is 5.73 Å². The number of rotatable bonds is 1. The minimum atomic E-state index is -0.190. The van der Waals surface area contributed by atoms with E-state index in [0.717, 1.165) is 22.5 Å². The Balaban J connectivity index is 1.97. The van der Waals surface area contributed by atoms with E-state index in [1.165, 1.54) is 0 Å². The Morgan fingerprint density at radius 1 is 1.14 bits per heavy atom. The van der Waals surface area contributed by atoms with Gasteiger partial charge in [-0.3, -0.25) is 5.73 Å². The lowest BCUT2D eigenvalue weighted by atomic mass is 10.1. The van der Waals surface area contributed by atoms with Gasteiger partial charge in [-0.05, 0) is 24.3 Å². The molecular weight excluding hydrogens is 266 g/mol. The second-order valence-corrected chi connectivity index (χ2v) is 5.04. The van der Waals surface area contributed by atoms with Crippen LogP contribution in [0.15, 0.2) is 48.5 Å². The highest BCUT2D eigenvalue weighted by atomic mass is 16.3. The van der Waals surface area contributed by atoms with E-state index in [9.17, 15) is 5.11 Å². The van der Waals surface area contributed by atoms with Crippen molar-refractivity contribution in [2.75, 3.05) is 5.32 Å². The number of nitrogens with zero attached hydrogens (tertiary/aromatic N) is 1. The number of fused-ring (bicyclic) bond motifs is 3. The fourth-order valence-corrected chi connectivity index (χ4v) is 2.76. The Kier molecular flexibility index (Phi) is 2.38. The van der Waals surface area contributed by atoms with Crippen molar-refractivity contribution in [1.29, 1.82) is 0 Å². The number of phenolic OH excluding ortho intramolecular Hbond substituents is 1. The molecule has 104 valence electrons. The Bertz CT molecular complexity index is 867. The van der Waals surface area contributed by atoms with E-state index in [1.54, 1.807) is 12.1 Å². The quantitative estimate of drug-likeness (QED) is 0.390. The third-order valence-electron chi connectivity index (χ3n) is 3.65. The number of nitrogens with one attached hydrogen (secondary N) is 3. The summed E-state index contributed by atoms with van der Waals surface area (Å²) in [5.41, 5.74) is 8.93. The first-order valence-electron chi connectivity index (χ1n) is 6.69. The summed E-state index contributed by atoms with van der Waals surface area (Å²) < 4.78 is 2.08. The molecule has 21 heavy (non-hydrogen) atoms. The van der Waals surface area contributed by atoms with Crippen molar-refractivity contribution in [1.82, 2.24) is 4.98 Å². The molecule has 0 saturated heterocycles. The lowest BCUT2D eigenvalue weighted by Gasteiger charge is -2.16. The van der Waals surface area contributed by atoms with E-state index < -0.39 is 0 Å². The van der Waals surface area contributed by atoms with Crippen LogP contribution in [-0.4, -0.2) is 16.1 Å². The van der Waals surface area contributed by atoms with Crippen molar-refractivity contribution in [2.45, 2.75) is 6.17 Å². The summed E-state index contributed by atoms with van der Waals surface area (Å²) in [6, 6.07) is 15.2. The zero-order valence-electron chi connectivity index (χ0n) is 11.2. The number of imidazole rings is 1. The fourth-order valence-electron chi connectivity index (χ4n) is 2.76. The molecule has 4 rings (SSSR count). The number of phenols is 1. The molecule has 2 aromatic carbocycles. The molecule has 0 aliphatic carbocycles.